The van der Waals surface area contributed by atoms with Crippen molar-refractivity contribution < 1.29 is 9.59 Å². The van der Waals surface area contributed by atoms with Gasteiger partial charge < -0.3 is 5.32 Å². The normalized spacial score (nSPS) is 38.9. The van der Waals surface area contributed by atoms with Crippen molar-refractivity contribution in [2.24, 2.45) is 17.8 Å². The summed E-state index contributed by atoms with van der Waals surface area (Å²) >= 11 is 0. The highest BCUT2D eigenvalue weighted by atomic mass is 16.2. The van der Waals surface area contributed by atoms with Crippen LogP contribution in [0.4, 0.5) is 0 Å². The summed E-state index contributed by atoms with van der Waals surface area (Å²) in [7, 11) is 0. The van der Waals surface area contributed by atoms with Crippen molar-refractivity contribution >= 4 is 11.8 Å². The van der Waals surface area contributed by atoms with E-state index in [1.165, 1.54) is 12.8 Å². The maximum absolute atomic E-state index is 12.3. The summed E-state index contributed by atoms with van der Waals surface area (Å²) in [4.78, 5) is 26.3. The maximum atomic E-state index is 12.3. The first-order valence-electron chi connectivity index (χ1n) is 7.81. The van der Waals surface area contributed by atoms with E-state index < -0.39 is 0 Å². The Hall–Kier alpha value is -0.900. The molecule has 1 N–H and O–H groups in total. The first kappa shape index (κ1) is 13.1. The Morgan fingerprint density at radius 3 is 2.42 bits per heavy atom. The molecule has 3 aliphatic rings. The zero-order chi connectivity index (χ0) is 13.4. The van der Waals surface area contributed by atoms with E-state index in [0.29, 0.717) is 18.5 Å². The molecule has 0 aromatic heterocycles. The SMILES string of the molecule is CCC1CCCNC1CN1C(=O)C2CCCC2C1=O. The number of nitrogens with zero attached hydrogens (tertiary/aromatic N) is 1. The lowest BCUT2D eigenvalue weighted by molar-refractivity contribution is -0.141. The minimum Gasteiger partial charge on any atom is -0.312 e. The second kappa shape index (κ2) is 5.23. The van der Waals surface area contributed by atoms with Crippen molar-refractivity contribution in [2.75, 3.05) is 13.1 Å². The third-order valence-electron chi connectivity index (χ3n) is 5.31. The van der Waals surface area contributed by atoms with E-state index in [2.05, 4.69) is 12.2 Å². The van der Waals surface area contributed by atoms with E-state index in [1.54, 1.807) is 4.90 Å². The average Bonchev–Trinajstić information content (AvgIpc) is 2.99. The third kappa shape index (κ3) is 2.20. The highest BCUT2D eigenvalue weighted by Gasteiger charge is 2.50. The first-order chi connectivity index (χ1) is 9.22. The Morgan fingerprint density at radius 1 is 1.11 bits per heavy atom. The van der Waals surface area contributed by atoms with Crippen LogP contribution in [-0.4, -0.2) is 35.8 Å². The Morgan fingerprint density at radius 2 is 1.79 bits per heavy atom. The van der Waals surface area contributed by atoms with Crippen LogP contribution < -0.4 is 5.32 Å². The molecular weight excluding hydrogens is 240 g/mol. The van der Waals surface area contributed by atoms with Crippen LogP contribution in [0.25, 0.3) is 0 Å². The zero-order valence-corrected chi connectivity index (χ0v) is 11.7. The Kier molecular flexibility index (Phi) is 3.61. The topological polar surface area (TPSA) is 49.4 Å². The molecule has 1 saturated carbocycles. The van der Waals surface area contributed by atoms with Crippen molar-refractivity contribution in [3.05, 3.63) is 0 Å². The Bertz CT molecular complexity index is 360. The number of piperidine rings is 1. The van der Waals surface area contributed by atoms with Crippen molar-refractivity contribution in [2.45, 2.75) is 51.5 Å². The molecule has 19 heavy (non-hydrogen) atoms. The van der Waals surface area contributed by atoms with E-state index in [9.17, 15) is 9.59 Å². The van der Waals surface area contributed by atoms with Gasteiger partial charge in [0, 0.05) is 12.6 Å². The molecule has 0 aromatic carbocycles. The van der Waals surface area contributed by atoms with Gasteiger partial charge in [-0.05, 0) is 38.1 Å². The maximum Gasteiger partial charge on any atom is 0.233 e. The molecule has 106 valence electrons. The molecule has 2 amide bonds. The second-order valence-corrected chi connectivity index (χ2v) is 6.30. The standard InChI is InChI=1S/C15H24N2O2/c1-2-10-5-4-8-16-13(10)9-17-14(18)11-6-3-7-12(11)15(17)19/h10-13,16H,2-9H2,1H3. The first-order valence-corrected chi connectivity index (χ1v) is 7.81. The number of hydrogen-bond donors (Lipinski definition) is 1. The molecule has 0 radical (unpaired) electrons. The minimum absolute atomic E-state index is 0.0103. The van der Waals surface area contributed by atoms with E-state index in [4.69, 9.17) is 0 Å². The third-order valence-corrected chi connectivity index (χ3v) is 5.31. The van der Waals surface area contributed by atoms with Crippen LogP contribution in [0.5, 0.6) is 0 Å². The number of likely N-dealkylation sites (tertiary alicyclic amines) is 1. The molecule has 0 aromatic rings. The van der Waals surface area contributed by atoms with E-state index in [-0.39, 0.29) is 23.7 Å². The molecule has 2 saturated heterocycles. The number of rotatable bonds is 3. The predicted molar refractivity (Wildman–Crippen MR) is 72.4 cm³/mol. The van der Waals surface area contributed by atoms with Crippen LogP contribution >= 0.6 is 0 Å². The van der Waals surface area contributed by atoms with Gasteiger partial charge in [-0.25, -0.2) is 0 Å². The highest BCUT2D eigenvalue weighted by Crippen LogP contribution is 2.40. The van der Waals surface area contributed by atoms with E-state index >= 15 is 0 Å². The lowest BCUT2D eigenvalue weighted by Gasteiger charge is -2.34. The van der Waals surface area contributed by atoms with Gasteiger partial charge in [-0.2, -0.15) is 0 Å². The van der Waals surface area contributed by atoms with Gasteiger partial charge in [0.2, 0.25) is 11.8 Å². The molecule has 1 aliphatic carbocycles. The number of nitrogens with one attached hydrogen (secondary N) is 1. The predicted octanol–water partition coefficient (Wildman–Crippen LogP) is 1.55. The molecule has 0 spiro atoms. The molecule has 4 nitrogen and oxygen atoms in total. The monoisotopic (exact) mass is 264 g/mol. The summed E-state index contributed by atoms with van der Waals surface area (Å²) in [6, 6.07) is 0.311. The van der Waals surface area contributed by atoms with Gasteiger partial charge in [0.15, 0.2) is 0 Å². The number of fused-ring (bicyclic) bond motifs is 1. The quantitative estimate of drug-likeness (QED) is 0.787. The summed E-state index contributed by atoms with van der Waals surface area (Å²) in [5, 5.41) is 3.51. The largest absolute Gasteiger partial charge is 0.312 e. The molecular formula is C15H24N2O2. The molecule has 2 aliphatic heterocycles. The Labute approximate surface area is 114 Å². The number of carbonyl (C=O) groups is 2. The number of hydrogen-bond acceptors (Lipinski definition) is 3. The molecule has 4 heteroatoms. The lowest BCUT2D eigenvalue weighted by Crippen LogP contribution is -2.50. The fraction of sp³-hybridized carbons (Fsp3) is 0.867. The summed E-state index contributed by atoms with van der Waals surface area (Å²) in [6.07, 6.45) is 6.43. The summed E-state index contributed by atoms with van der Waals surface area (Å²) in [6.45, 7) is 3.82. The molecule has 2 heterocycles. The highest BCUT2D eigenvalue weighted by molar-refractivity contribution is 6.05. The van der Waals surface area contributed by atoms with Crippen LogP contribution in [0.15, 0.2) is 0 Å². The zero-order valence-electron chi connectivity index (χ0n) is 11.7. The number of imide groups is 1. The van der Waals surface area contributed by atoms with Crippen molar-refractivity contribution in [3.63, 3.8) is 0 Å². The molecule has 0 bridgehead atoms. The minimum atomic E-state index is 0.0103. The van der Waals surface area contributed by atoms with Gasteiger partial charge in [-0.3, -0.25) is 14.5 Å². The van der Waals surface area contributed by atoms with Gasteiger partial charge in [-0.1, -0.05) is 19.8 Å². The summed E-state index contributed by atoms with van der Waals surface area (Å²) in [5.74, 6) is 0.839. The van der Waals surface area contributed by atoms with Crippen LogP contribution in [0.3, 0.4) is 0 Å². The van der Waals surface area contributed by atoms with Crippen molar-refractivity contribution in [1.29, 1.82) is 0 Å². The van der Waals surface area contributed by atoms with Crippen LogP contribution in [0.2, 0.25) is 0 Å². The fourth-order valence-corrected chi connectivity index (χ4v) is 4.16. The van der Waals surface area contributed by atoms with Crippen LogP contribution in [-0.2, 0) is 9.59 Å². The van der Waals surface area contributed by atoms with Gasteiger partial charge in [-0.15, -0.1) is 0 Å². The second-order valence-electron chi connectivity index (χ2n) is 6.30. The van der Waals surface area contributed by atoms with Gasteiger partial charge in [0.05, 0.1) is 11.8 Å². The Balaban J connectivity index is 1.69. The number of amides is 2. The molecule has 4 atom stereocenters. The fourth-order valence-electron chi connectivity index (χ4n) is 4.16. The van der Waals surface area contributed by atoms with E-state index in [0.717, 1.165) is 32.2 Å². The van der Waals surface area contributed by atoms with Crippen LogP contribution in [0.1, 0.15) is 45.4 Å². The molecule has 4 unspecified atom stereocenters. The van der Waals surface area contributed by atoms with Gasteiger partial charge in [0.25, 0.3) is 0 Å². The number of carbonyl (C=O) groups excluding carboxylic acids is 2. The average molecular weight is 264 g/mol. The van der Waals surface area contributed by atoms with Crippen molar-refractivity contribution in [1.82, 2.24) is 10.2 Å². The van der Waals surface area contributed by atoms with Gasteiger partial charge >= 0.3 is 0 Å². The van der Waals surface area contributed by atoms with E-state index in [1.807, 2.05) is 0 Å². The van der Waals surface area contributed by atoms with Gasteiger partial charge in [0.1, 0.15) is 0 Å². The summed E-state index contributed by atoms with van der Waals surface area (Å²) < 4.78 is 0. The van der Waals surface area contributed by atoms with Crippen LogP contribution in [0, 0.1) is 17.8 Å². The molecule has 3 fully saturated rings. The molecule has 3 rings (SSSR count). The summed E-state index contributed by atoms with van der Waals surface area (Å²) in [5.41, 5.74) is 0. The smallest absolute Gasteiger partial charge is 0.233 e. The van der Waals surface area contributed by atoms with Crippen molar-refractivity contribution in [3.8, 4) is 0 Å². The lowest BCUT2D eigenvalue weighted by atomic mass is 9.88.